The van der Waals surface area contributed by atoms with Gasteiger partial charge in [-0.1, -0.05) is 6.07 Å². The summed E-state index contributed by atoms with van der Waals surface area (Å²) < 4.78 is 11.3. The van der Waals surface area contributed by atoms with Crippen LogP contribution in [-0.2, 0) is 13.0 Å². The number of ether oxygens (including phenoxy) is 2. The molecule has 7 heteroatoms. The second-order valence-corrected chi connectivity index (χ2v) is 6.93. The van der Waals surface area contributed by atoms with E-state index in [1.165, 1.54) is 10.4 Å². The minimum atomic E-state index is 0.620. The Morgan fingerprint density at radius 2 is 1.92 bits per heavy atom. The standard InChI is InChI=1S/C19H28N4O2S/c1-5-24-16-8-7-15(11-17(16)25-6-2)9-10-21-19(20-4)23-13-18-22-12-14(3)26-18/h7-8,11-12H,5-6,9-10,13H2,1-4H3,(H2,20,21,23). The molecule has 0 aliphatic carbocycles. The van der Waals surface area contributed by atoms with Crippen LogP contribution in [0.25, 0.3) is 0 Å². The van der Waals surface area contributed by atoms with Crippen LogP contribution in [0, 0.1) is 6.92 Å². The molecular formula is C19H28N4O2S. The number of guanidine groups is 1. The van der Waals surface area contributed by atoms with E-state index < -0.39 is 0 Å². The predicted octanol–water partition coefficient (Wildman–Crippen LogP) is 3.16. The van der Waals surface area contributed by atoms with Crippen LogP contribution in [0.1, 0.15) is 29.3 Å². The molecule has 0 atom stereocenters. The van der Waals surface area contributed by atoms with Crippen molar-refractivity contribution in [1.29, 1.82) is 0 Å². The van der Waals surface area contributed by atoms with E-state index in [0.717, 1.165) is 35.4 Å². The number of rotatable bonds is 9. The number of benzene rings is 1. The summed E-state index contributed by atoms with van der Waals surface area (Å²) in [5.74, 6) is 2.37. The second kappa shape index (κ2) is 10.7. The van der Waals surface area contributed by atoms with E-state index in [1.807, 2.05) is 32.2 Å². The summed E-state index contributed by atoms with van der Waals surface area (Å²) in [6, 6.07) is 6.09. The first-order chi connectivity index (χ1) is 12.7. The Labute approximate surface area is 159 Å². The Morgan fingerprint density at radius 1 is 1.15 bits per heavy atom. The number of nitrogens with one attached hydrogen (secondary N) is 2. The maximum atomic E-state index is 5.68. The number of nitrogens with zero attached hydrogens (tertiary/aromatic N) is 2. The summed E-state index contributed by atoms with van der Waals surface area (Å²) in [5.41, 5.74) is 1.19. The van der Waals surface area contributed by atoms with Gasteiger partial charge in [-0.3, -0.25) is 4.99 Å². The van der Waals surface area contributed by atoms with Gasteiger partial charge in [-0.05, 0) is 44.9 Å². The Kier molecular flexibility index (Phi) is 8.21. The molecule has 0 saturated carbocycles. The van der Waals surface area contributed by atoms with Gasteiger partial charge in [0.2, 0.25) is 0 Å². The van der Waals surface area contributed by atoms with Gasteiger partial charge < -0.3 is 20.1 Å². The molecule has 6 nitrogen and oxygen atoms in total. The predicted molar refractivity (Wildman–Crippen MR) is 108 cm³/mol. The van der Waals surface area contributed by atoms with E-state index in [4.69, 9.17) is 9.47 Å². The van der Waals surface area contributed by atoms with Gasteiger partial charge in [-0.2, -0.15) is 0 Å². The van der Waals surface area contributed by atoms with Crippen molar-refractivity contribution in [2.24, 2.45) is 4.99 Å². The number of hydrogen-bond donors (Lipinski definition) is 2. The van der Waals surface area contributed by atoms with E-state index in [9.17, 15) is 0 Å². The molecule has 0 amide bonds. The van der Waals surface area contributed by atoms with Gasteiger partial charge in [0.25, 0.3) is 0 Å². The molecule has 142 valence electrons. The van der Waals surface area contributed by atoms with E-state index in [2.05, 4.69) is 33.6 Å². The van der Waals surface area contributed by atoms with Gasteiger partial charge in [0.1, 0.15) is 5.01 Å². The number of aliphatic imine (C=N–C) groups is 1. The van der Waals surface area contributed by atoms with Crippen LogP contribution < -0.4 is 20.1 Å². The highest BCUT2D eigenvalue weighted by Crippen LogP contribution is 2.28. The first-order valence-corrected chi connectivity index (χ1v) is 9.72. The fourth-order valence-electron chi connectivity index (χ4n) is 2.44. The molecule has 1 aromatic carbocycles. The number of aryl methyl sites for hydroxylation is 1. The lowest BCUT2D eigenvalue weighted by Gasteiger charge is -2.13. The van der Waals surface area contributed by atoms with Gasteiger partial charge in [0, 0.05) is 24.7 Å². The molecule has 0 saturated heterocycles. The van der Waals surface area contributed by atoms with Crippen LogP contribution in [0.2, 0.25) is 0 Å². The Bertz CT molecular complexity index is 715. The van der Waals surface area contributed by atoms with Crippen LogP contribution >= 0.6 is 11.3 Å². The summed E-state index contributed by atoms with van der Waals surface area (Å²) in [6.07, 6.45) is 2.75. The smallest absolute Gasteiger partial charge is 0.191 e. The molecule has 1 heterocycles. The minimum absolute atomic E-state index is 0.620. The van der Waals surface area contributed by atoms with Crippen LogP contribution in [0.5, 0.6) is 11.5 Å². The number of hydrogen-bond acceptors (Lipinski definition) is 5. The maximum absolute atomic E-state index is 5.68. The first-order valence-electron chi connectivity index (χ1n) is 8.90. The molecule has 0 spiro atoms. The van der Waals surface area contributed by atoms with Crippen molar-refractivity contribution in [2.75, 3.05) is 26.8 Å². The topological polar surface area (TPSA) is 67.8 Å². The van der Waals surface area contributed by atoms with Crippen LogP contribution in [-0.4, -0.2) is 37.7 Å². The summed E-state index contributed by atoms with van der Waals surface area (Å²) in [5, 5.41) is 7.67. The quantitative estimate of drug-likeness (QED) is 0.520. The highest BCUT2D eigenvalue weighted by atomic mass is 32.1. The summed E-state index contributed by atoms with van der Waals surface area (Å²) >= 11 is 1.69. The third-order valence-corrected chi connectivity index (χ3v) is 4.53. The molecule has 0 fully saturated rings. The average Bonchev–Trinajstić information content (AvgIpc) is 3.05. The Hall–Kier alpha value is -2.28. The van der Waals surface area contributed by atoms with Crippen molar-refractivity contribution in [2.45, 2.75) is 33.7 Å². The lowest BCUT2D eigenvalue weighted by molar-refractivity contribution is 0.287. The Balaban J connectivity index is 1.84. The lowest BCUT2D eigenvalue weighted by atomic mass is 10.1. The van der Waals surface area contributed by atoms with Crippen LogP contribution in [0.3, 0.4) is 0 Å². The average molecular weight is 377 g/mol. The molecule has 26 heavy (non-hydrogen) atoms. The van der Waals surface area contributed by atoms with Crippen LogP contribution in [0.4, 0.5) is 0 Å². The molecule has 0 radical (unpaired) electrons. The van der Waals surface area contributed by atoms with Gasteiger partial charge in [-0.15, -0.1) is 11.3 Å². The van der Waals surface area contributed by atoms with Crippen LogP contribution in [0.15, 0.2) is 29.4 Å². The molecule has 2 rings (SSSR count). The molecule has 2 aromatic rings. The van der Waals surface area contributed by atoms with Gasteiger partial charge in [-0.25, -0.2) is 4.98 Å². The van der Waals surface area contributed by atoms with Crippen molar-refractivity contribution in [3.63, 3.8) is 0 Å². The van der Waals surface area contributed by atoms with E-state index in [-0.39, 0.29) is 0 Å². The fraction of sp³-hybridized carbons (Fsp3) is 0.474. The summed E-state index contributed by atoms with van der Waals surface area (Å²) in [6.45, 7) is 8.70. The normalized spacial score (nSPS) is 11.3. The zero-order valence-electron chi connectivity index (χ0n) is 16.0. The third kappa shape index (κ3) is 6.22. The zero-order chi connectivity index (χ0) is 18.8. The summed E-state index contributed by atoms with van der Waals surface area (Å²) in [4.78, 5) is 9.81. The van der Waals surface area contributed by atoms with Gasteiger partial charge in [0.15, 0.2) is 17.5 Å². The SMILES string of the molecule is CCOc1ccc(CCNC(=NC)NCc2ncc(C)s2)cc1OCC. The highest BCUT2D eigenvalue weighted by molar-refractivity contribution is 7.11. The highest BCUT2D eigenvalue weighted by Gasteiger charge is 2.07. The molecule has 2 N–H and O–H groups in total. The molecule has 0 aliphatic rings. The lowest BCUT2D eigenvalue weighted by Crippen LogP contribution is -2.37. The largest absolute Gasteiger partial charge is 0.490 e. The molecule has 0 aliphatic heterocycles. The van der Waals surface area contributed by atoms with Crippen molar-refractivity contribution < 1.29 is 9.47 Å². The number of thiazole rings is 1. The third-order valence-electron chi connectivity index (χ3n) is 3.61. The molecular weight excluding hydrogens is 348 g/mol. The molecule has 1 aromatic heterocycles. The first kappa shape index (κ1) is 20.0. The van der Waals surface area contributed by atoms with Gasteiger partial charge in [0.05, 0.1) is 19.8 Å². The van der Waals surface area contributed by atoms with Crippen molar-refractivity contribution >= 4 is 17.3 Å². The fourth-order valence-corrected chi connectivity index (χ4v) is 3.17. The Morgan fingerprint density at radius 3 is 2.58 bits per heavy atom. The van der Waals surface area contributed by atoms with Crippen molar-refractivity contribution in [1.82, 2.24) is 15.6 Å². The summed E-state index contributed by atoms with van der Waals surface area (Å²) in [7, 11) is 1.77. The van der Waals surface area contributed by atoms with E-state index in [1.54, 1.807) is 18.4 Å². The molecule has 0 unspecified atom stereocenters. The molecule has 0 bridgehead atoms. The monoisotopic (exact) mass is 376 g/mol. The van der Waals surface area contributed by atoms with Crippen molar-refractivity contribution in [3.8, 4) is 11.5 Å². The van der Waals surface area contributed by atoms with E-state index in [0.29, 0.717) is 19.8 Å². The minimum Gasteiger partial charge on any atom is -0.490 e. The van der Waals surface area contributed by atoms with E-state index >= 15 is 0 Å². The van der Waals surface area contributed by atoms with Gasteiger partial charge >= 0.3 is 0 Å². The maximum Gasteiger partial charge on any atom is 0.191 e. The van der Waals surface area contributed by atoms with Crippen molar-refractivity contribution in [3.05, 3.63) is 39.8 Å². The second-order valence-electron chi connectivity index (χ2n) is 5.61. The zero-order valence-corrected chi connectivity index (χ0v) is 16.8. The number of aromatic nitrogens is 1.